The molecule has 1 amide bonds. The van der Waals surface area contributed by atoms with Gasteiger partial charge in [0.2, 0.25) is 0 Å². The van der Waals surface area contributed by atoms with Crippen molar-refractivity contribution in [1.29, 1.82) is 5.26 Å². The molecule has 0 saturated carbocycles. The third-order valence-electron chi connectivity index (χ3n) is 3.16. The number of carbonyl (C=O) groups excluding carboxylic acids is 2. The summed E-state index contributed by atoms with van der Waals surface area (Å²) in [5.74, 6) is -1.33. The van der Waals surface area contributed by atoms with Crippen LogP contribution in [0.2, 0.25) is 15.1 Å². The largest absolute Gasteiger partial charge is 0.449 e. The summed E-state index contributed by atoms with van der Waals surface area (Å²) in [6.45, 7) is 1.41. The second kappa shape index (κ2) is 8.21. The Kier molecular flexibility index (Phi) is 6.27. The first-order valence-corrected chi connectivity index (χ1v) is 8.11. The van der Waals surface area contributed by atoms with Crippen LogP contribution in [0, 0.1) is 11.3 Å². The smallest absolute Gasteiger partial charge is 0.340 e. The summed E-state index contributed by atoms with van der Waals surface area (Å²) < 4.78 is 5.10. The quantitative estimate of drug-likeness (QED) is 0.758. The first kappa shape index (κ1) is 19.1. The van der Waals surface area contributed by atoms with E-state index >= 15 is 0 Å². The van der Waals surface area contributed by atoms with Gasteiger partial charge in [-0.3, -0.25) is 4.79 Å². The second-order valence-corrected chi connectivity index (χ2v) is 6.22. The molecule has 2 aromatic carbocycles. The van der Waals surface area contributed by atoms with Gasteiger partial charge in [-0.1, -0.05) is 34.8 Å². The topological polar surface area (TPSA) is 79.2 Å². The number of anilines is 1. The zero-order chi connectivity index (χ0) is 18.6. The molecule has 0 aliphatic heterocycles. The Balaban J connectivity index is 2.05. The molecule has 0 aliphatic rings. The summed E-state index contributed by atoms with van der Waals surface area (Å²) in [5, 5.41) is 12.1. The fraction of sp³-hybridized carbons (Fsp3) is 0.118. The lowest BCUT2D eigenvalue weighted by molar-refractivity contribution is -0.123. The minimum atomic E-state index is -1.09. The van der Waals surface area contributed by atoms with Crippen molar-refractivity contribution >= 4 is 52.4 Å². The molecule has 2 rings (SSSR count). The molecule has 8 heteroatoms. The average Bonchev–Trinajstić information content (AvgIpc) is 2.57. The fourth-order valence-electron chi connectivity index (χ4n) is 1.86. The Labute approximate surface area is 159 Å². The minimum Gasteiger partial charge on any atom is -0.449 e. The lowest BCUT2D eigenvalue weighted by atomic mass is 10.2. The molecule has 0 spiro atoms. The van der Waals surface area contributed by atoms with Gasteiger partial charge in [-0.05, 0) is 43.3 Å². The number of esters is 1. The highest BCUT2D eigenvalue weighted by Gasteiger charge is 2.21. The molecular formula is C17H11Cl3N2O3. The van der Waals surface area contributed by atoms with E-state index in [1.165, 1.54) is 43.3 Å². The number of rotatable bonds is 4. The maximum Gasteiger partial charge on any atom is 0.340 e. The third kappa shape index (κ3) is 4.86. The molecule has 0 aliphatic carbocycles. The Hall–Kier alpha value is -2.26. The highest BCUT2D eigenvalue weighted by Crippen LogP contribution is 2.23. The summed E-state index contributed by atoms with van der Waals surface area (Å²) >= 11 is 17.7. The van der Waals surface area contributed by atoms with Crippen molar-refractivity contribution in [2.75, 3.05) is 5.32 Å². The maximum atomic E-state index is 12.1. The number of nitrogens with one attached hydrogen (secondary N) is 1. The molecule has 128 valence electrons. The van der Waals surface area contributed by atoms with Gasteiger partial charge in [0.1, 0.15) is 6.07 Å². The van der Waals surface area contributed by atoms with Gasteiger partial charge in [0, 0.05) is 10.7 Å². The van der Waals surface area contributed by atoms with Crippen LogP contribution >= 0.6 is 34.8 Å². The van der Waals surface area contributed by atoms with Crippen molar-refractivity contribution in [3.63, 3.8) is 0 Å². The highest BCUT2D eigenvalue weighted by atomic mass is 35.5. The molecule has 5 nitrogen and oxygen atoms in total. The monoisotopic (exact) mass is 396 g/mol. The van der Waals surface area contributed by atoms with E-state index in [-0.39, 0.29) is 21.2 Å². The van der Waals surface area contributed by atoms with Crippen LogP contribution in [0.4, 0.5) is 5.69 Å². The molecule has 25 heavy (non-hydrogen) atoms. The minimum absolute atomic E-state index is 0.0650. The molecule has 2 aromatic rings. The predicted octanol–water partition coefficient (Wildman–Crippen LogP) is 4.70. The van der Waals surface area contributed by atoms with Gasteiger partial charge in [0.05, 0.1) is 21.2 Å². The summed E-state index contributed by atoms with van der Waals surface area (Å²) in [5.41, 5.74) is 0.725. The van der Waals surface area contributed by atoms with E-state index in [1.807, 2.05) is 6.07 Å². The van der Waals surface area contributed by atoms with Crippen LogP contribution in [0.15, 0.2) is 36.4 Å². The Morgan fingerprint density at radius 1 is 1.12 bits per heavy atom. The van der Waals surface area contributed by atoms with Crippen LogP contribution in [0.3, 0.4) is 0 Å². The number of carbonyl (C=O) groups is 2. The Morgan fingerprint density at radius 2 is 1.84 bits per heavy atom. The maximum absolute atomic E-state index is 12.1. The molecule has 1 unspecified atom stereocenters. The molecule has 0 aromatic heterocycles. The van der Waals surface area contributed by atoms with E-state index in [4.69, 9.17) is 44.8 Å². The first-order chi connectivity index (χ1) is 11.8. The standard InChI is InChI=1S/C17H11Cl3N2O3/c1-9(25-17(24)13-6-11(18)3-5-14(13)19)16(23)22-12-4-2-10(8-21)15(20)7-12/h2-7,9H,1H3,(H,22,23). The SMILES string of the molecule is CC(OC(=O)c1cc(Cl)ccc1Cl)C(=O)Nc1ccc(C#N)c(Cl)c1. The van der Waals surface area contributed by atoms with E-state index < -0.39 is 18.0 Å². The average molecular weight is 398 g/mol. The molecule has 0 heterocycles. The van der Waals surface area contributed by atoms with Crippen molar-refractivity contribution in [3.05, 3.63) is 62.6 Å². The van der Waals surface area contributed by atoms with Gasteiger partial charge in [-0.15, -0.1) is 0 Å². The first-order valence-electron chi connectivity index (χ1n) is 6.98. The van der Waals surface area contributed by atoms with E-state index in [1.54, 1.807) is 0 Å². The number of hydrogen-bond acceptors (Lipinski definition) is 4. The van der Waals surface area contributed by atoms with Crippen molar-refractivity contribution in [2.45, 2.75) is 13.0 Å². The van der Waals surface area contributed by atoms with Crippen molar-refractivity contribution < 1.29 is 14.3 Å². The van der Waals surface area contributed by atoms with E-state index in [0.29, 0.717) is 10.7 Å². The number of ether oxygens (including phenoxy) is 1. The molecule has 0 bridgehead atoms. The van der Waals surface area contributed by atoms with Gasteiger partial charge in [-0.25, -0.2) is 4.79 Å². The van der Waals surface area contributed by atoms with E-state index in [9.17, 15) is 9.59 Å². The number of nitriles is 1. The van der Waals surface area contributed by atoms with Crippen LogP contribution in [0.1, 0.15) is 22.8 Å². The number of nitrogens with zero attached hydrogens (tertiary/aromatic N) is 1. The van der Waals surface area contributed by atoms with Crippen molar-refractivity contribution in [1.82, 2.24) is 0 Å². The zero-order valence-corrected chi connectivity index (χ0v) is 15.1. The summed E-state index contributed by atoms with van der Waals surface area (Å²) in [7, 11) is 0. The number of hydrogen-bond donors (Lipinski definition) is 1. The summed E-state index contributed by atoms with van der Waals surface area (Å²) in [6, 6.07) is 10.7. The molecule has 0 saturated heterocycles. The normalized spacial score (nSPS) is 11.3. The second-order valence-electron chi connectivity index (χ2n) is 4.97. The number of benzene rings is 2. The van der Waals surface area contributed by atoms with Crippen LogP contribution in [0.5, 0.6) is 0 Å². The molecule has 0 fully saturated rings. The third-order valence-corrected chi connectivity index (χ3v) is 4.04. The van der Waals surface area contributed by atoms with Crippen LogP contribution in [-0.4, -0.2) is 18.0 Å². The summed E-state index contributed by atoms with van der Waals surface area (Å²) in [4.78, 5) is 24.3. The lowest BCUT2D eigenvalue weighted by Gasteiger charge is -2.14. The molecule has 0 radical (unpaired) electrons. The van der Waals surface area contributed by atoms with Crippen molar-refractivity contribution in [3.8, 4) is 6.07 Å². The lowest BCUT2D eigenvalue weighted by Crippen LogP contribution is -2.30. The van der Waals surface area contributed by atoms with Gasteiger partial charge in [0.15, 0.2) is 6.10 Å². The molecule has 1 atom stereocenters. The van der Waals surface area contributed by atoms with E-state index in [0.717, 1.165) is 0 Å². The van der Waals surface area contributed by atoms with Crippen LogP contribution in [-0.2, 0) is 9.53 Å². The van der Waals surface area contributed by atoms with Crippen molar-refractivity contribution in [2.24, 2.45) is 0 Å². The fourth-order valence-corrected chi connectivity index (χ4v) is 2.45. The van der Waals surface area contributed by atoms with Crippen LogP contribution < -0.4 is 5.32 Å². The number of halogens is 3. The predicted molar refractivity (Wildman–Crippen MR) is 96.1 cm³/mol. The number of amides is 1. The van der Waals surface area contributed by atoms with Crippen LogP contribution in [0.25, 0.3) is 0 Å². The van der Waals surface area contributed by atoms with Gasteiger partial charge in [-0.2, -0.15) is 5.26 Å². The van der Waals surface area contributed by atoms with Gasteiger partial charge in [0.25, 0.3) is 5.91 Å². The van der Waals surface area contributed by atoms with E-state index in [2.05, 4.69) is 5.32 Å². The Morgan fingerprint density at radius 3 is 2.48 bits per heavy atom. The van der Waals surface area contributed by atoms with Gasteiger partial charge >= 0.3 is 5.97 Å². The highest BCUT2D eigenvalue weighted by molar-refractivity contribution is 6.35. The Bertz CT molecular complexity index is 878. The molecular weight excluding hydrogens is 387 g/mol. The molecule has 1 N–H and O–H groups in total. The zero-order valence-electron chi connectivity index (χ0n) is 12.8. The van der Waals surface area contributed by atoms with Gasteiger partial charge < -0.3 is 10.1 Å². The summed E-state index contributed by atoms with van der Waals surface area (Å²) in [6.07, 6.45) is -1.09.